The Morgan fingerprint density at radius 2 is 0.841 bits per heavy atom. The van der Waals surface area contributed by atoms with E-state index in [1.165, 1.54) is 21.5 Å². The van der Waals surface area contributed by atoms with E-state index in [-0.39, 0.29) is 0 Å². The number of fused-ring (bicyclic) bond motifs is 6. The van der Waals surface area contributed by atoms with Crippen LogP contribution >= 0.6 is 0 Å². The second kappa shape index (κ2) is 15.6. The largest absolute Gasteiger partial charge is 0.453 e. The molecule has 2 heterocycles. The first kappa shape index (κ1) is 38.9. The van der Waals surface area contributed by atoms with Crippen molar-refractivity contribution >= 4 is 105 Å². The van der Waals surface area contributed by atoms with Crippen molar-refractivity contribution in [2.75, 3.05) is 9.80 Å². The van der Waals surface area contributed by atoms with Crippen molar-refractivity contribution in [2.45, 2.75) is 0 Å². The number of nitrogens with zero attached hydrogens (tertiary/aromatic N) is 2. The molecule has 0 saturated carbocycles. The third kappa shape index (κ3) is 6.10. The van der Waals surface area contributed by atoms with Crippen LogP contribution in [0.2, 0.25) is 0 Å². The molecule has 0 amide bonds. The summed E-state index contributed by atoms with van der Waals surface area (Å²) in [6.07, 6.45) is 6.22. The molecule has 4 nitrogen and oxygen atoms in total. The van der Waals surface area contributed by atoms with Crippen molar-refractivity contribution < 1.29 is 8.83 Å². The highest BCUT2D eigenvalue weighted by Crippen LogP contribution is 2.49. The molecule has 69 heavy (non-hydrogen) atoms. The normalized spacial score (nSPS) is 12.4. The average molecular weight is 881 g/mol. The molecule has 1 aliphatic rings. The van der Waals surface area contributed by atoms with Gasteiger partial charge >= 0.3 is 0 Å². The van der Waals surface area contributed by atoms with Gasteiger partial charge in [0, 0.05) is 49.4 Å². The molecule has 11 aromatic carbocycles. The second-order valence-corrected chi connectivity index (χ2v) is 17.6. The molecule has 322 valence electrons. The predicted molar refractivity (Wildman–Crippen MR) is 288 cm³/mol. The Morgan fingerprint density at radius 1 is 0.348 bits per heavy atom. The predicted octanol–water partition coefficient (Wildman–Crippen LogP) is 16.5. The van der Waals surface area contributed by atoms with Gasteiger partial charge in [-0.15, -0.1) is 5.73 Å². The molecule has 0 unspecified atom stereocenters. The van der Waals surface area contributed by atoms with Crippen molar-refractivity contribution in [1.29, 1.82) is 0 Å². The Labute approximate surface area is 397 Å². The number of hydrogen-bond donors (Lipinski definition) is 0. The number of para-hydroxylation sites is 5. The van der Waals surface area contributed by atoms with Crippen LogP contribution in [0.25, 0.3) is 98.9 Å². The van der Waals surface area contributed by atoms with E-state index in [2.05, 4.69) is 246 Å². The zero-order valence-electron chi connectivity index (χ0n) is 37.3. The lowest BCUT2D eigenvalue weighted by Crippen LogP contribution is -2.29. The highest BCUT2D eigenvalue weighted by Gasteiger charge is 2.26. The maximum Gasteiger partial charge on any atom is 0.167 e. The van der Waals surface area contributed by atoms with Gasteiger partial charge in [0.15, 0.2) is 11.0 Å². The monoisotopic (exact) mass is 880 g/mol. The van der Waals surface area contributed by atoms with Crippen molar-refractivity contribution in [1.82, 2.24) is 0 Å². The van der Waals surface area contributed by atoms with Gasteiger partial charge in [0.25, 0.3) is 0 Å². The van der Waals surface area contributed by atoms with Gasteiger partial charge in [-0.2, -0.15) is 0 Å². The SMILES string of the molecule is C1=CC=CC(N(c2ccccc2)c2ccc3ccc4c(N(c5ccccc5)c5cccc6c5oc5c(-c7ccccc7)cccc56)ccc5ccc2c3c54)=c2oc3c(-c4ccccc4)cccc3c2=1. The molecule has 0 bridgehead atoms. The molecular weight excluding hydrogens is 841 g/mol. The Morgan fingerprint density at radius 3 is 1.45 bits per heavy atom. The number of rotatable bonds is 8. The molecule has 0 aliphatic heterocycles. The summed E-state index contributed by atoms with van der Waals surface area (Å²) >= 11 is 0. The summed E-state index contributed by atoms with van der Waals surface area (Å²) in [6.45, 7) is 0. The van der Waals surface area contributed by atoms with Crippen molar-refractivity contribution in [3.8, 4) is 22.3 Å². The molecule has 4 heteroatoms. The van der Waals surface area contributed by atoms with Crippen LogP contribution in [0.1, 0.15) is 0 Å². The van der Waals surface area contributed by atoms with Crippen LogP contribution in [0.5, 0.6) is 0 Å². The zero-order chi connectivity index (χ0) is 45.4. The molecule has 13 aromatic rings. The summed E-state index contributed by atoms with van der Waals surface area (Å²) in [5, 5.41) is 11.2. The first-order valence-corrected chi connectivity index (χ1v) is 23.4. The molecule has 0 saturated heterocycles. The minimum absolute atomic E-state index is 0.768. The summed E-state index contributed by atoms with van der Waals surface area (Å²) in [5.74, 6) is 0. The Balaban J connectivity index is 1.01. The van der Waals surface area contributed by atoms with Crippen LogP contribution in [0.3, 0.4) is 0 Å². The fourth-order valence-corrected chi connectivity index (χ4v) is 10.8. The lowest BCUT2D eigenvalue weighted by atomic mass is 9.91. The first-order chi connectivity index (χ1) is 34.3. The standard InChI is InChI=1S/C65H40N2O2/c1-5-18-42(19-6-1)48-27-15-29-50-52-26-13-14-32-58(64(52)68-62(48)50)66(46-22-9-3-10-23-46)56-40-36-44-35-39-55-57(41-37-45-34-38-54(56)60(44)61(45)55)67(47-24-11-4-12-25-47)59-33-17-31-53-51-30-16-28-49(63(51)69-65(53)59)43-20-7-2-8-21-43/h1-25,27-41H. The average Bonchev–Trinajstić information content (AvgIpc) is 3.92. The summed E-state index contributed by atoms with van der Waals surface area (Å²) < 4.78 is 14.2. The van der Waals surface area contributed by atoms with Crippen molar-refractivity contribution in [3.05, 3.63) is 253 Å². The summed E-state index contributed by atoms with van der Waals surface area (Å²) in [7, 11) is 0. The number of anilines is 5. The van der Waals surface area contributed by atoms with Crippen LogP contribution in [-0.2, 0) is 0 Å². The van der Waals surface area contributed by atoms with E-state index in [1.807, 2.05) is 12.1 Å². The molecule has 0 fully saturated rings. The third-order valence-corrected chi connectivity index (χ3v) is 13.8. The molecule has 0 spiro atoms. The lowest BCUT2D eigenvalue weighted by molar-refractivity contribution is 0.573. The van der Waals surface area contributed by atoms with Crippen LogP contribution in [0, 0.1) is 0 Å². The van der Waals surface area contributed by atoms with Crippen LogP contribution < -0.4 is 20.4 Å². The lowest BCUT2D eigenvalue weighted by Gasteiger charge is -2.29. The Kier molecular flexibility index (Phi) is 8.82. The van der Waals surface area contributed by atoms with E-state index in [4.69, 9.17) is 8.83 Å². The third-order valence-electron chi connectivity index (χ3n) is 13.8. The smallest absolute Gasteiger partial charge is 0.167 e. The first-order valence-electron chi connectivity index (χ1n) is 23.4. The van der Waals surface area contributed by atoms with Crippen molar-refractivity contribution in [3.63, 3.8) is 0 Å². The quantitative estimate of drug-likeness (QED) is 0.142. The van der Waals surface area contributed by atoms with E-state index >= 15 is 0 Å². The van der Waals surface area contributed by atoms with Gasteiger partial charge in [-0.25, -0.2) is 0 Å². The van der Waals surface area contributed by atoms with Gasteiger partial charge in [0.2, 0.25) is 0 Å². The summed E-state index contributed by atoms with van der Waals surface area (Å²) in [5.41, 5.74) is 17.4. The molecule has 1 aliphatic carbocycles. The fourth-order valence-electron chi connectivity index (χ4n) is 10.8. The number of allylic oxidation sites excluding steroid dienone is 2. The second-order valence-electron chi connectivity index (χ2n) is 17.6. The van der Waals surface area contributed by atoms with E-state index in [0.717, 1.165) is 111 Å². The minimum Gasteiger partial charge on any atom is -0.453 e. The summed E-state index contributed by atoms with van der Waals surface area (Å²) in [6, 6.07) is 79.9. The maximum atomic E-state index is 7.10. The fraction of sp³-hybridized carbons (Fsp3) is 0. The molecule has 0 N–H and O–H groups in total. The zero-order valence-corrected chi connectivity index (χ0v) is 37.3. The molecule has 0 radical (unpaired) electrons. The minimum atomic E-state index is 0.768. The van der Waals surface area contributed by atoms with Gasteiger partial charge < -0.3 is 18.6 Å². The van der Waals surface area contributed by atoms with Crippen LogP contribution in [0.4, 0.5) is 28.4 Å². The number of furan rings is 2. The van der Waals surface area contributed by atoms with Crippen LogP contribution in [0.15, 0.2) is 252 Å². The Bertz CT molecular complexity index is 4340. The molecule has 2 aromatic heterocycles. The Hall–Kier alpha value is -9.34. The van der Waals surface area contributed by atoms with Crippen LogP contribution in [-0.4, -0.2) is 0 Å². The van der Waals surface area contributed by atoms with Gasteiger partial charge in [-0.1, -0.05) is 182 Å². The van der Waals surface area contributed by atoms with E-state index in [1.54, 1.807) is 0 Å². The molecule has 0 atom stereocenters. The highest BCUT2D eigenvalue weighted by molar-refractivity contribution is 6.28. The highest BCUT2D eigenvalue weighted by atomic mass is 16.3. The maximum absolute atomic E-state index is 7.10. The van der Waals surface area contributed by atoms with E-state index in [9.17, 15) is 0 Å². The van der Waals surface area contributed by atoms with Crippen molar-refractivity contribution in [2.24, 2.45) is 0 Å². The van der Waals surface area contributed by atoms with Gasteiger partial charge in [0.1, 0.15) is 11.2 Å². The molecular formula is C65H40N2O2. The van der Waals surface area contributed by atoms with E-state index in [0.29, 0.717) is 0 Å². The van der Waals surface area contributed by atoms with Gasteiger partial charge in [-0.3, -0.25) is 0 Å². The van der Waals surface area contributed by atoms with Gasteiger partial charge in [-0.05, 0) is 93.4 Å². The topological polar surface area (TPSA) is 32.8 Å². The number of benzene rings is 11. The van der Waals surface area contributed by atoms with E-state index < -0.39 is 0 Å². The molecule has 14 rings (SSSR count). The number of hydrogen-bond acceptors (Lipinski definition) is 4. The summed E-state index contributed by atoms with van der Waals surface area (Å²) in [4.78, 5) is 4.73. The van der Waals surface area contributed by atoms with Gasteiger partial charge in [0.05, 0.1) is 28.0 Å².